The Morgan fingerprint density at radius 3 is 2.84 bits per heavy atom. The normalized spacial score (nSPS) is 10.6. The first kappa shape index (κ1) is 13.5. The summed E-state index contributed by atoms with van der Waals surface area (Å²) in [5.41, 5.74) is 0.942. The molecule has 1 N–H and O–H groups in total. The first-order valence-electron chi connectivity index (χ1n) is 5.78. The molecule has 0 aliphatic rings. The van der Waals surface area contributed by atoms with Crippen molar-refractivity contribution in [1.29, 1.82) is 0 Å². The van der Waals surface area contributed by atoms with Gasteiger partial charge in [0, 0.05) is 12.1 Å². The minimum Gasteiger partial charge on any atom is -0.294 e. The third kappa shape index (κ3) is 2.60. The smallest absolute Gasteiger partial charge is 0.285 e. The highest BCUT2D eigenvalue weighted by Crippen LogP contribution is 2.18. The predicted octanol–water partition coefficient (Wildman–Crippen LogP) is 2.79. The number of nitrogens with zero attached hydrogens (tertiary/aromatic N) is 2. The zero-order chi connectivity index (χ0) is 14.0. The van der Waals surface area contributed by atoms with Crippen molar-refractivity contribution in [1.82, 2.24) is 9.78 Å². The van der Waals surface area contributed by atoms with Crippen molar-refractivity contribution in [3.8, 4) is 5.69 Å². The van der Waals surface area contributed by atoms with Crippen LogP contribution in [-0.4, -0.2) is 14.7 Å². The number of nitro benzene ring substituents is 1. The van der Waals surface area contributed by atoms with Gasteiger partial charge in [-0.3, -0.25) is 20.0 Å². The number of benzene rings is 1. The van der Waals surface area contributed by atoms with E-state index >= 15 is 0 Å². The summed E-state index contributed by atoms with van der Waals surface area (Å²) in [6, 6.07) is 5.95. The summed E-state index contributed by atoms with van der Waals surface area (Å²) in [4.78, 5) is 22.3. The molecule has 6 nitrogen and oxygen atoms in total. The highest BCUT2D eigenvalue weighted by atomic mass is 79.9. The maximum absolute atomic E-state index is 12.1. The molecule has 0 fully saturated rings. The maximum Gasteiger partial charge on any atom is 0.285 e. The Morgan fingerprint density at radius 1 is 1.47 bits per heavy atom. The van der Waals surface area contributed by atoms with E-state index in [0.29, 0.717) is 10.2 Å². The maximum atomic E-state index is 12.1. The van der Waals surface area contributed by atoms with Gasteiger partial charge < -0.3 is 0 Å². The topological polar surface area (TPSA) is 80.9 Å². The molecule has 0 bridgehead atoms. The van der Waals surface area contributed by atoms with E-state index in [0.717, 1.165) is 18.5 Å². The van der Waals surface area contributed by atoms with Crippen LogP contribution in [0.25, 0.3) is 5.69 Å². The van der Waals surface area contributed by atoms with E-state index in [9.17, 15) is 14.9 Å². The monoisotopic (exact) mass is 325 g/mol. The lowest BCUT2D eigenvalue weighted by Gasteiger charge is -2.01. The van der Waals surface area contributed by atoms with E-state index in [1.165, 1.54) is 16.8 Å². The highest BCUT2D eigenvalue weighted by Gasteiger charge is 2.14. The van der Waals surface area contributed by atoms with Crippen LogP contribution >= 0.6 is 15.9 Å². The lowest BCUT2D eigenvalue weighted by Crippen LogP contribution is -2.14. The molecule has 19 heavy (non-hydrogen) atoms. The molecular formula is C12H12BrN3O3. The lowest BCUT2D eigenvalue weighted by atomic mass is 10.3. The van der Waals surface area contributed by atoms with Crippen LogP contribution in [0, 0.1) is 10.1 Å². The summed E-state index contributed by atoms with van der Waals surface area (Å²) < 4.78 is 1.78. The summed E-state index contributed by atoms with van der Waals surface area (Å²) in [6.45, 7) is 2.01. The van der Waals surface area contributed by atoms with Gasteiger partial charge in [-0.15, -0.1) is 0 Å². The minimum atomic E-state index is -0.487. The zero-order valence-electron chi connectivity index (χ0n) is 10.2. The molecule has 0 saturated heterocycles. The number of nitrogens with one attached hydrogen (secondary N) is 1. The standard InChI is InChI=1S/C12H12BrN3O3/c1-2-4-10-11(13)12(17)15(14-10)8-5-3-6-9(7-8)16(18)19/h3,5-7,14H,2,4H2,1H3. The molecule has 7 heteroatoms. The fourth-order valence-corrected chi connectivity index (χ4v) is 2.27. The molecular weight excluding hydrogens is 314 g/mol. The van der Waals surface area contributed by atoms with Crippen LogP contribution in [0.3, 0.4) is 0 Å². The fourth-order valence-electron chi connectivity index (χ4n) is 1.81. The number of aryl methyl sites for hydroxylation is 1. The van der Waals surface area contributed by atoms with Gasteiger partial charge in [-0.25, -0.2) is 4.68 Å². The Hall–Kier alpha value is -1.89. The van der Waals surface area contributed by atoms with Crippen LogP contribution in [0.1, 0.15) is 19.0 Å². The van der Waals surface area contributed by atoms with Crippen molar-refractivity contribution in [3.05, 3.63) is 54.9 Å². The van der Waals surface area contributed by atoms with Crippen molar-refractivity contribution in [2.24, 2.45) is 0 Å². The average Bonchev–Trinajstić information content (AvgIpc) is 2.68. The second kappa shape index (κ2) is 5.40. The summed E-state index contributed by atoms with van der Waals surface area (Å²) >= 11 is 3.25. The zero-order valence-corrected chi connectivity index (χ0v) is 11.8. The molecule has 0 unspecified atom stereocenters. The van der Waals surface area contributed by atoms with E-state index in [1.54, 1.807) is 12.1 Å². The fraction of sp³-hybridized carbons (Fsp3) is 0.250. The third-order valence-electron chi connectivity index (χ3n) is 2.70. The van der Waals surface area contributed by atoms with E-state index in [-0.39, 0.29) is 11.2 Å². The number of H-pyrrole nitrogens is 1. The molecule has 1 heterocycles. The molecule has 0 aliphatic heterocycles. The number of hydrogen-bond donors (Lipinski definition) is 1. The lowest BCUT2D eigenvalue weighted by molar-refractivity contribution is -0.384. The van der Waals surface area contributed by atoms with Crippen LogP contribution in [0.5, 0.6) is 0 Å². The first-order chi connectivity index (χ1) is 9.04. The van der Waals surface area contributed by atoms with Gasteiger partial charge in [-0.2, -0.15) is 0 Å². The predicted molar refractivity (Wildman–Crippen MR) is 74.7 cm³/mol. The number of halogens is 1. The first-order valence-corrected chi connectivity index (χ1v) is 6.58. The van der Waals surface area contributed by atoms with Gasteiger partial charge in [-0.05, 0) is 28.4 Å². The summed E-state index contributed by atoms with van der Waals surface area (Å²) in [5.74, 6) is 0. The molecule has 0 aliphatic carbocycles. The van der Waals surface area contributed by atoms with Crippen molar-refractivity contribution in [2.75, 3.05) is 0 Å². The van der Waals surface area contributed by atoms with Crippen LogP contribution in [0.2, 0.25) is 0 Å². The number of rotatable bonds is 4. The summed E-state index contributed by atoms with van der Waals surface area (Å²) in [6.07, 6.45) is 1.63. The molecule has 0 spiro atoms. The molecule has 1 aromatic heterocycles. The summed E-state index contributed by atoms with van der Waals surface area (Å²) in [7, 11) is 0. The van der Waals surface area contributed by atoms with Gasteiger partial charge in [0.05, 0.1) is 16.3 Å². The number of non-ortho nitro benzene ring substituents is 1. The Kier molecular flexibility index (Phi) is 3.84. The molecule has 0 atom stereocenters. The molecule has 0 amide bonds. The second-order valence-electron chi connectivity index (χ2n) is 4.07. The molecule has 0 radical (unpaired) electrons. The van der Waals surface area contributed by atoms with Crippen molar-refractivity contribution < 1.29 is 4.92 Å². The van der Waals surface area contributed by atoms with Gasteiger partial charge in [0.2, 0.25) is 0 Å². The van der Waals surface area contributed by atoms with Gasteiger partial charge in [0.15, 0.2) is 0 Å². The van der Waals surface area contributed by atoms with Gasteiger partial charge in [-0.1, -0.05) is 19.4 Å². The van der Waals surface area contributed by atoms with Crippen molar-refractivity contribution in [2.45, 2.75) is 19.8 Å². The Balaban J connectivity index is 2.53. The van der Waals surface area contributed by atoms with E-state index < -0.39 is 4.92 Å². The van der Waals surface area contributed by atoms with Crippen molar-refractivity contribution >= 4 is 21.6 Å². The quantitative estimate of drug-likeness (QED) is 0.693. The Bertz CT molecular complexity index is 675. The number of hydrogen-bond acceptors (Lipinski definition) is 3. The minimum absolute atomic E-state index is 0.0489. The highest BCUT2D eigenvalue weighted by molar-refractivity contribution is 9.10. The number of nitro groups is 1. The molecule has 100 valence electrons. The SMILES string of the molecule is CCCc1[nH]n(-c2cccc([N+](=O)[O-])c2)c(=O)c1Br. The van der Waals surface area contributed by atoms with Crippen molar-refractivity contribution in [3.63, 3.8) is 0 Å². The number of aromatic amines is 1. The molecule has 0 saturated carbocycles. The van der Waals surface area contributed by atoms with Crippen LogP contribution in [0.15, 0.2) is 33.5 Å². The Labute approximate surface area is 117 Å². The molecule has 2 rings (SSSR count). The van der Waals surface area contributed by atoms with Gasteiger partial charge in [0.25, 0.3) is 11.2 Å². The van der Waals surface area contributed by atoms with E-state index in [4.69, 9.17) is 0 Å². The second-order valence-corrected chi connectivity index (χ2v) is 4.86. The van der Waals surface area contributed by atoms with E-state index in [2.05, 4.69) is 21.0 Å². The van der Waals surface area contributed by atoms with Crippen LogP contribution in [-0.2, 0) is 6.42 Å². The van der Waals surface area contributed by atoms with Crippen LogP contribution < -0.4 is 5.56 Å². The number of aromatic nitrogens is 2. The Morgan fingerprint density at radius 2 is 2.21 bits per heavy atom. The summed E-state index contributed by atoms with van der Waals surface area (Å²) in [5, 5.41) is 13.7. The average molecular weight is 326 g/mol. The van der Waals surface area contributed by atoms with Gasteiger partial charge in [0.1, 0.15) is 4.47 Å². The van der Waals surface area contributed by atoms with Crippen LogP contribution in [0.4, 0.5) is 5.69 Å². The van der Waals surface area contributed by atoms with E-state index in [1.807, 2.05) is 6.92 Å². The van der Waals surface area contributed by atoms with Gasteiger partial charge >= 0.3 is 0 Å². The molecule has 1 aromatic carbocycles. The molecule has 2 aromatic rings. The third-order valence-corrected chi connectivity index (χ3v) is 3.52. The largest absolute Gasteiger partial charge is 0.294 e.